The average Bonchev–Trinajstić information content (AvgIpc) is 2.58. The van der Waals surface area contributed by atoms with Crippen molar-refractivity contribution in [1.82, 2.24) is 19.6 Å². The lowest BCUT2D eigenvalue weighted by molar-refractivity contribution is -0.228. The van der Waals surface area contributed by atoms with Gasteiger partial charge in [-0.2, -0.15) is 0 Å². The summed E-state index contributed by atoms with van der Waals surface area (Å²) in [5.41, 5.74) is 0. The van der Waals surface area contributed by atoms with E-state index in [0.29, 0.717) is 52.4 Å². The van der Waals surface area contributed by atoms with Crippen LogP contribution in [0.1, 0.15) is 0 Å². The first-order chi connectivity index (χ1) is 11.9. The SMILES string of the molecule is C=C(OO)N1CCN(C)CCN(CC(=O)O)CCN(C(=C)OO)CC1. The summed E-state index contributed by atoms with van der Waals surface area (Å²) in [7, 11) is 1.94. The van der Waals surface area contributed by atoms with Crippen LogP contribution in [0.3, 0.4) is 0 Å². The second-order valence-electron chi connectivity index (χ2n) is 5.92. The Morgan fingerprint density at radius 1 is 0.880 bits per heavy atom. The van der Waals surface area contributed by atoms with Crippen molar-refractivity contribution < 1.29 is 30.2 Å². The summed E-state index contributed by atoms with van der Waals surface area (Å²) < 4.78 is 0. The third-order valence-electron chi connectivity index (χ3n) is 4.15. The molecule has 0 radical (unpaired) electrons. The lowest BCUT2D eigenvalue weighted by Crippen LogP contribution is -2.45. The molecule has 1 aliphatic heterocycles. The molecule has 0 aromatic carbocycles. The van der Waals surface area contributed by atoms with Crippen molar-refractivity contribution in [2.75, 3.05) is 66.0 Å². The molecule has 144 valence electrons. The fourth-order valence-corrected chi connectivity index (χ4v) is 2.52. The molecule has 0 aliphatic carbocycles. The van der Waals surface area contributed by atoms with Crippen molar-refractivity contribution >= 4 is 5.97 Å². The largest absolute Gasteiger partial charge is 0.480 e. The van der Waals surface area contributed by atoms with Crippen LogP contribution in [-0.4, -0.2) is 107 Å². The number of carboxylic acids is 1. The molecule has 1 rings (SSSR count). The molecule has 10 nitrogen and oxygen atoms in total. The zero-order valence-corrected chi connectivity index (χ0v) is 14.6. The Labute approximate surface area is 147 Å². The van der Waals surface area contributed by atoms with Gasteiger partial charge in [-0.3, -0.25) is 9.69 Å². The second kappa shape index (κ2) is 10.8. The molecule has 0 bridgehead atoms. The molecule has 0 amide bonds. The molecule has 3 N–H and O–H groups in total. The summed E-state index contributed by atoms with van der Waals surface area (Å²) >= 11 is 0. The van der Waals surface area contributed by atoms with Crippen LogP contribution in [-0.2, 0) is 14.6 Å². The monoisotopic (exact) mass is 360 g/mol. The number of hydrogen-bond acceptors (Lipinski definition) is 9. The van der Waals surface area contributed by atoms with Gasteiger partial charge in [0.1, 0.15) is 0 Å². The maximum Gasteiger partial charge on any atom is 0.317 e. The van der Waals surface area contributed by atoms with Crippen molar-refractivity contribution in [2.24, 2.45) is 0 Å². The number of carbonyl (C=O) groups is 1. The molecule has 0 unspecified atom stereocenters. The zero-order valence-electron chi connectivity index (χ0n) is 14.6. The van der Waals surface area contributed by atoms with Crippen LogP contribution in [0.4, 0.5) is 0 Å². The van der Waals surface area contributed by atoms with Crippen molar-refractivity contribution in [2.45, 2.75) is 0 Å². The van der Waals surface area contributed by atoms with Crippen molar-refractivity contribution in [3.8, 4) is 0 Å². The first-order valence-corrected chi connectivity index (χ1v) is 8.00. The van der Waals surface area contributed by atoms with Gasteiger partial charge in [-0.05, 0) is 20.2 Å². The molecular weight excluding hydrogens is 332 g/mol. The molecule has 10 heteroatoms. The number of hydrogen-bond donors (Lipinski definition) is 3. The minimum atomic E-state index is -0.888. The van der Waals surface area contributed by atoms with Crippen LogP contribution in [0.2, 0.25) is 0 Å². The van der Waals surface area contributed by atoms with E-state index in [0.717, 1.165) is 0 Å². The highest BCUT2D eigenvalue weighted by Crippen LogP contribution is 2.08. The van der Waals surface area contributed by atoms with Gasteiger partial charge in [0.05, 0.1) is 6.54 Å². The van der Waals surface area contributed by atoms with Gasteiger partial charge in [0.25, 0.3) is 0 Å². The fraction of sp³-hybridized carbons (Fsp3) is 0.667. The minimum Gasteiger partial charge on any atom is -0.480 e. The second-order valence-corrected chi connectivity index (χ2v) is 5.92. The number of carboxylic acid groups (broad SMARTS) is 1. The summed E-state index contributed by atoms with van der Waals surface area (Å²) in [6.07, 6.45) is 0. The molecule has 0 spiro atoms. The van der Waals surface area contributed by atoms with E-state index in [-0.39, 0.29) is 18.3 Å². The Hall–Kier alpha value is -2.01. The van der Waals surface area contributed by atoms with Gasteiger partial charge in [0.2, 0.25) is 11.8 Å². The highest BCUT2D eigenvalue weighted by molar-refractivity contribution is 5.69. The Bertz CT molecular complexity index is 461. The van der Waals surface area contributed by atoms with Crippen molar-refractivity contribution in [3.63, 3.8) is 0 Å². The summed E-state index contributed by atoms with van der Waals surface area (Å²) in [4.78, 5) is 26.9. The lowest BCUT2D eigenvalue weighted by atomic mass is 10.3. The molecule has 0 atom stereocenters. The third kappa shape index (κ3) is 7.61. The van der Waals surface area contributed by atoms with E-state index in [2.05, 4.69) is 27.8 Å². The third-order valence-corrected chi connectivity index (χ3v) is 4.15. The molecular formula is C15H28N4O6. The average molecular weight is 360 g/mol. The van der Waals surface area contributed by atoms with Gasteiger partial charge in [-0.15, -0.1) is 0 Å². The highest BCUT2D eigenvalue weighted by atomic mass is 17.1. The Balaban J connectivity index is 2.84. The number of nitrogens with zero attached hydrogens (tertiary/aromatic N) is 4. The Morgan fingerprint density at radius 2 is 1.28 bits per heavy atom. The normalized spacial score (nSPS) is 18.8. The first kappa shape index (κ1) is 21.0. The Morgan fingerprint density at radius 3 is 1.76 bits per heavy atom. The van der Waals surface area contributed by atoms with Crippen LogP contribution < -0.4 is 0 Å². The number of likely N-dealkylation sites (N-methyl/N-ethyl adjacent to an activating group) is 1. The minimum absolute atomic E-state index is 0.0601. The molecule has 0 saturated carbocycles. The standard InChI is InChI=1S/C15H28N4O6/c1-13(24-22)18-8-5-16(3)4-6-17(12-15(20)21)7-9-19(11-10-18)14(2)25-23/h22-23H,1-2,4-12H2,3H3,(H,20,21). The molecule has 0 aromatic rings. The van der Waals surface area contributed by atoms with Crippen molar-refractivity contribution in [3.05, 3.63) is 24.9 Å². The van der Waals surface area contributed by atoms with Gasteiger partial charge < -0.3 is 29.6 Å². The first-order valence-electron chi connectivity index (χ1n) is 8.00. The van der Waals surface area contributed by atoms with E-state index >= 15 is 0 Å². The van der Waals surface area contributed by atoms with Gasteiger partial charge in [0.15, 0.2) is 0 Å². The van der Waals surface area contributed by atoms with E-state index in [1.165, 1.54) is 0 Å². The lowest BCUT2D eigenvalue weighted by Gasteiger charge is -2.33. The summed E-state index contributed by atoms with van der Waals surface area (Å²) in [5, 5.41) is 26.8. The van der Waals surface area contributed by atoms with E-state index in [9.17, 15) is 4.79 Å². The Kier molecular flexibility index (Phi) is 9.06. The van der Waals surface area contributed by atoms with Crippen LogP contribution in [0.25, 0.3) is 0 Å². The summed E-state index contributed by atoms with van der Waals surface area (Å²) in [5.74, 6) is -0.686. The predicted octanol–water partition coefficient (Wildman–Crippen LogP) is -0.156. The van der Waals surface area contributed by atoms with Gasteiger partial charge in [-0.25, -0.2) is 10.5 Å². The quantitative estimate of drug-likeness (QED) is 0.336. The van der Waals surface area contributed by atoms with Gasteiger partial charge >= 0.3 is 5.97 Å². The van der Waals surface area contributed by atoms with Crippen LogP contribution in [0.5, 0.6) is 0 Å². The summed E-state index contributed by atoms with van der Waals surface area (Å²) in [6.45, 7) is 11.5. The fourth-order valence-electron chi connectivity index (χ4n) is 2.52. The zero-order chi connectivity index (χ0) is 18.8. The maximum atomic E-state index is 11.0. The van der Waals surface area contributed by atoms with E-state index < -0.39 is 5.97 Å². The number of aliphatic carboxylic acids is 1. The molecule has 1 aliphatic rings. The van der Waals surface area contributed by atoms with Gasteiger partial charge in [0, 0.05) is 52.4 Å². The van der Waals surface area contributed by atoms with Crippen LogP contribution in [0.15, 0.2) is 24.9 Å². The topological polar surface area (TPSA) is 109 Å². The smallest absolute Gasteiger partial charge is 0.317 e. The van der Waals surface area contributed by atoms with E-state index in [1.807, 2.05) is 11.9 Å². The number of rotatable bonds is 6. The predicted molar refractivity (Wildman–Crippen MR) is 90.4 cm³/mol. The van der Waals surface area contributed by atoms with Gasteiger partial charge in [-0.1, -0.05) is 0 Å². The van der Waals surface area contributed by atoms with Crippen LogP contribution in [0, 0.1) is 0 Å². The molecule has 25 heavy (non-hydrogen) atoms. The maximum absolute atomic E-state index is 11.0. The van der Waals surface area contributed by atoms with Crippen LogP contribution >= 0.6 is 0 Å². The molecule has 1 fully saturated rings. The van der Waals surface area contributed by atoms with Crippen molar-refractivity contribution in [1.29, 1.82) is 0 Å². The highest BCUT2D eigenvalue weighted by Gasteiger charge is 2.19. The van der Waals surface area contributed by atoms with E-state index in [4.69, 9.17) is 15.6 Å². The van der Waals surface area contributed by atoms with E-state index in [1.54, 1.807) is 9.80 Å². The summed E-state index contributed by atoms with van der Waals surface area (Å²) in [6, 6.07) is 0. The molecule has 1 heterocycles. The molecule has 1 saturated heterocycles. The molecule has 0 aromatic heterocycles.